The van der Waals surface area contributed by atoms with Gasteiger partial charge in [0.05, 0.1) is 11.8 Å². The van der Waals surface area contributed by atoms with Gasteiger partial charge < -0.3 is 10.6 Å². The Labute approximate surface area is 155 Å². The summed E-state index contributed by atoms with van der Waals surface area (Å²) in [6.45, 7) is 8.28. The molecule has 136 valence electrons. The van der Waals surface area contributed by atoms with Crippen LogP contribution in [0.5, 0.6) is 0 Å². The number of aryl methyl sites for hydroxylation is 1. The second kappa shape index (κ2) is 7.32. The molecule has 2 aromatic carbocycles. The number of anilines is 2. The Balaban J connectivity index is 1.56. The largest absolute Gasteiger partial charge is 0.326 e. The third kappa shape index (κ3) is 3.96. The highest BCUT2D eigenvalue weighted by atomic mass is 16.2. The van der Waals surface area contributed by atoms with Crippen molar-refractivity contribution in [3.63, 3.8) is 0 Å². The lowest BCUT2D eigenvalue weighted by Gasteiger charge is -2.10. The van der Waals surface area contributed by atoms with E-state index in [0.29, 0.717) is 12.3 Å². The minimum atomic E-state index is -0.246. The summed E-state index contributed by atoms with van der Waals surface area (Å²) in [5.41, 5.74) is 5.04. The van der Waals surface area contributed by atoms with Crippen LogP contribution in [0.2, 0.25) is 0 Å². The molecule has 0 saturated heterocycles. The molecule has 2 aromatic rings. The van der Waals surface area contributed by atoms with E-state index in [1.807, 2.05) is 56.3 Å². The quantitative estimate of drug-likeness (QED) is 0.825. The average molecular weight is 350 g/mol. The summed E-state index contributed by atoms with van der Waals surface area (Å²) in [6.07, 6.45) is 0.604. The molecule has 1 aliphatic carbocycles. The van der Waals surface area contributed by atoms with E-state index in [9.17, 15) is 9.59 Å². The van der Waals surface area contributed by atoms with Gasteiger partial charge in [0.1, 0.15) is 0 Å². The van der Waals surface area contributed by atoms with Gasteiger partial charge in [-0.3, -0.25) is 9.59 Å². The lowest BCUT2D eigenvalue weighted by atomic mass is 10.0. The smallest absolute Gasteiger partial charge is 0.228 e. The topological polar surface area (TPSA) is 58.2 Å². The molecule has 26 heavy (non-hydrogen) atoms. The lowest BCUT2D eigenvalue weighted by molar-refractivity contribution is -0.122. The average Bonchev–Trinajstić information content (AvgIpc) is 3.40. The van der Waals surface area contributed by atoms with Crippen LogP contribution < -0.4 is 10.6 Å². The van der Waals surface area contributed by atoms with Gasteiger partial charge in [-0.25, -0.2) is 0 Å². The number of hydrogen-bond donors (Lipinski definition) is 2. The Hall–Kier alpha value is -2.62. The number of hydrogen-bond acceptors (Lipinski definition) is 2. The van der Waals surface area contributed by atoms with Crippen LogP contribution in [-0.4, -0.2) is 11.8 Å². The van der Waals surface area contributed by atoms with Crippen molar-refractivity contribution in [1.29, 1.82) is 0 Å². The van der Waals surface area contributed by atoms with Gasteiger partial charge in [-0.1, -0.05) is 38.1 Å². The molecule has 0 aromatic heterocycles. The van der Waals surface area contributed by atoms with Crippen LogP contribution in [0.25, 0.3) is 0 Å². The Morgan fingerprint density at radius 2 is 1.54 bits per heavy atom. The number of carbonyl (C=O) groups is 2. The summed E-state index contributed by atoms with van der Waals surface area (Å²) in [4.78, 5) is 24.8. The number of amides is 2. The predicted octanol–water partition coefficient (Wildman–Crippen LogP) is 4.64. The zero-order valence-electron chi connectivity index (χ0n) is 15.8. The molecule has 3 rings (SSSR count). The van der Waals surface area contributed by atoms with E-state index in [1.54, 1.807) is 0 Å². The molecule has 1 aliphatic rings. The van der Waals surface area contributed by atoms with Crippen molar-refractivity contribution in [3.8, 4) is 0 Å². The molecule has 0 aliphatic heterocycles. The van der Waals surface area contributed by atoms with Gasteiger partial charge in [-0.05, 0) is 61.1 Å². The standard InChI is InChI=1S/C22H26N2O2/c1-13(2)16-8-10-17(11-9-16)23-21(25)18-12-19(18)22(26)24-20-7-5-6-14(3)15(20)4/h5-11,13,18-19H,12H2,1-4H3,(H,23,25)(H,24,26). The summed E-state index contributed by atoms with van der Waals surface area (Å²) >= 11 is 0. The van der Waals surface area contributed by atoms with Crippen molar-refractivity contribution in [2.45, 2.75) is 40.0 Å². The van der Waals surface area contributed by atoms with Gasteiger partial charge in [0.25, 0.3) is 0 Å². The van der Waals surface area contributed by atoms with E-state index in [4.69, 9.17) is 0 Å². The zero-order chi connectivity index (χ0) is 18.8. The molecule has 2 N–H and O–H groups in total. The van der Waals surface area contributed by atoms with Crippen LogP contribution in [0, 0.1) is 25.7 Å². The summed E-state index contributed by atoms with van der Waals surface area (Å²) in [5.74, 6) is -0.187. The molecule has 0 spiro atoms. The molecule has 0 heterocycles. The molecule has 4 nitrogen and oxygen atoms in total. The Morgan fingerprint density at radius 3 is 2.15 bits per heavy atom. The molecular formula is C22H26N2O2. The highest BCUT2D eigenvalue weighted by Crippen LogP contribution is 2.40. The Morgan fingerprint density at radius 1 is 0.923 bits per heavy atom. The SMILES string of the molecule is Cc1cccc(NC(=O)C2CC2C(=O)Nc2ccc(C(C)C)cc2)c1C. The van der Waals surface area contributed by atoms with Crippen molar-refractivity contribution < 1.29 is 9.59 Å². The Bertz CT molecular complexity index is 825. The van der Waals surface area contributed by atoms with Crippen LogP contribution in [-0.2, 0) is 9.59 Å². The molecule has 0 bridgehead atoms. The van der Waals surface area contributed by atoms with E-state index in [1.165, 1.54) is 5.56 Å². The summed E-state index contributed by atoms with van der Waals surface area (Å²) < 4.78 is 0. The maximum Gasteiger partial charge on any atom is 0.228 e. The third-order valence-electron chi connectivity index (χ3n) is 5.17. The Kier molecular flexibility index (Phi) is 5.12. The van der Waals surface area contributed by atoms with Crippen molar-refractivity contribution in [2.75, 3.05) is 10.6 Å². The molecule has 0 radical (unpaired) electrons. The first kappa shape index (κ1) is 18.2. The number of carbonyl (C=O) groups excluding carboxylic acids is 2. The summed E-state index contributed by atoms with van der Waals surface area (Å²) in [5, 5.41) is 5.88. The monoisotopic (exact) mass is 350 g/mol. The fourth-order valence-electron chi connectivity index (χ4n) is 3.07. The number of benzene rings is 2. The fourth-order valence-corrected chi connectivity index (χ4v) is 3.07. The normalized spacial score (nSPS) is 18.5. The molecule has 4 heteroatoms. The maximum atomic E-state index is 12.4. The molecule has 1 fully saturated rings. The first-order valence-electron chi connectivity index (χ1n) is 9.14. The highest BCUT2D eigenvalue weighted by molar-refractivity contribution is 6.03. The molecule has 2 unspecified atom stereocenters. The fraction of sp³-hybridized carbons (Fsp3) is 0.364. The summed E-state index contributed by atoms with van der Waals surface area (Å²) in [7, 11) is 0. The second-order valence-corrected chi connectivity index (χ2v) is 7.45. The molecule has 1 saturated carbocycles. The van der Waals surface area contributed by atoms with Gasteiger partial charge in [0.2, 0.25) is 11.8 Å². The van der Waals surface area contributed by atoms with Crippen molar-refractivity contribution in [3.05, 3.63) is 59.2 Å². The minimum Gasteiger partial charge on any atom is -0.326 e. The van der Waals surface area contributed by atoms with Gasteiger partial charge in [0, 0.05) is 11.4 Å². The lowest BCUT2D eigenvalue weighted by Crippen LogP contribution is -2.21. The van der Waals surface area contributed by atoms with Crippen molar-refractivity contribution in [1.82, 2.24) is 0 Å². The minimum absolute atomic E-state index is 0.0750. The van der Waals surface area contributed by atoms with Gasteiger partial charge >= 0.3 is 0 Å². The van der Waals surface area contributed by atoms with Crippen LogP contribution in [0.1, 0.15) is 42.9 Å². The van der Waals surface area contributed by atoms with E-state index < -0.39 is 0 Å². The van der Waals surface area contributed by atoms with E-state index in [-0.39, 0.29) is 23.7 Å². The van der Waals surface area contributed by atoms with E-state index >= 15 is 0 Å². The first-order chi connectivity index (χ1) is 12.4. The second-order valence-electron chi connectivity index (χ2n) is 7.45. The zero-order valence-corrected chi connectivity index (χ0v) is 15.8. The van der Waals surface area contributed by atoms with Crippen LogP contribution in [0.4, 0.5) is 11.4 Å². The van der Waals surface area contributed by atoms with Crippen molar-refractivity contribution in [2.24, 2.45) is 11.8 Å². The number of rotatable bonds is 5. The highest BCUT2D eigenvalue weighted by Gasteiger charge is 2.48. The number of nitrogens with one attached hydrogen (secondary N) is 2. The van der Waals surface area contributed by atoms with Crippen LogP contribution >= 0.6 is 0 Å². The van der Waals surface area contributed by atoms with E-state index in [0.717, 1.165) is 22.5 Å². The maximum absolute atomic E-state index is 12.4. The molecular weight excluding hydrogens is 324 g/mol. The molecule has 2 atom stereocenters. The van der Waals surface area contributed by atoms with Crippen LogP contribution in [0.3, 0.4) is 0 Å². The molecule has 2 amide bonds. The van der Waals surface area contributed by atoms with Crippen LogP contribution in [0.15, 0.2) is 42.5 Å². The van der Waals surface area contributed by atoms with Gasteiger partial charge in [-0.2, -0.15) is 0 Å². The van der Waals surface area contributed by atoms with Gasteiger partial charge in [-0.15, -0.1) is 0 Å². The van der Waals surface area contributed by atoms with E-state index in [2.05, 4.69) is 24.5 Å². The van der Waals surface area contributed by atoms with Gasteiger partial charge in [0.15, 0.2) is 0 Å². The first-order valence-corrected chi connectivity index (χ1v) is 9.14. The van der Waals surface area contributed by atoms with Crippen molar-refractivity contribution >= 4 is 23.2 Å². The predicted molar refractivity (Wildman–Crippen MR) is 105 cm³/mol. The third-order valence-corrected chi connectivity index (χ3v) is 5.17. The summed E-state index contributed by atoms with van der Waals surface area (Å²) in [6, 6.07) is 13.7.